The molecule has 1 atom stereocenters. The summed E-state index contributed by atoms with van der Waals surface area (Å²) in [6, 6.07) is 11.3. The average Bonchev–Trinajstić information content (AvgIpc) is 2.89. The Labute approximate surface area is 128 Å². The maximum atomic E-state index is 3.63. The molecule has 0 amide bonds. The van der Waals surface area contributed by atoms with Crippen LogP contribution in [-0.4, -0.2) is 0 Å². The molecule has 1 unspecified atom stereocenters. The number of hydrogen-bond acceptors (Lipinski definition) is 2. The molecule has 0 aliphatic carbocycles. The molecule has 1 N–H and O–H groups in total. The van der Waals surface area contributed by atoms with E-state index in [1.807, 2.05) is 11.3 Å². The quantitative estimate of drug-likeness (QED) is 0.725. The van der Waals surface area contributed by atoms with Gasteiger partial charge in [-0.1, -0.05) is 29.8 Å². The van der Waals surface area contributed by atoms with Crippen LogP contribution in [0, 0.1) is 0 Å². The molecule has 0 saturated heterocycles. The molecule has 0 aliphatic heterocycles. The maximum absolute atomic E-state index is 3.63. The fourth-order valence-corrected chi connectivity index (χ4v) is 3.48. The highest BCUT2D eigenvalue weighted by molar-refractivity contribution is 9.10. The number of hydrogen-bond donors (Lipinski definition) is 1. The normalized spacial score (nSPS) is 12.4. The predicted molar refractivity (Wildman–Crippen MR) is 89.3 cm³/mol. The second-order valence-corrected chi connectivity index (χ2v) is 6.79. The van der Waals surface area contributed by atoms with Gasteiger partial charge in [-0.3, -0.25) is 0 Å². The van der Waals surface area contributed by atoms with E-state index in [0.29, 0.717) is 6.04 Å². The number of nitrogens with one attached hydrogen (secondary N) is 1. The SMILES string of the molecule is CCc1ccc(C(C)Nc2ccc(Br)cc2CC)s1. The van der Waals surface area contributed by atoms with Gasteiger partial charge in [0.15, 0.2) is 0 Å². The minimum absolute atomic E-state index is 0.358. The summed E-state index contributed by atoms with van der Waals surface area (Å²) >= 11 is 5.44. The molecule has 0 radical (unpaired) electrons. The van der Waals surface area contributed by atoms with Gasteiger partial charge in [-0.05, 0) is 55.7 Å². The van der Waals surface area contributed by atoms with E-state index < -0.39 is 0 Å². The molecule has 1 heterocycles. The van der Waals surface area contributed by atoms with E-state index in [9.17, 15) is 0 Å². The van der Waals surface area contributed by atoms with E-state index in [4.69, 9.17) is 0 Å². The van der Waals surface area contributed by atoms with Crippen molar-refractivity contribution in [2.75, 3.05) is 5.32 Å². The van der Waals surface area contributed by atoms with Crippen molar-refractivity contribution in [2.24, 2.45) is 0 Å². The van der Waals surface area contributed by atoms with Crippen LogP contribution in [0.2, 0.25) is 0 Å². The van der Waals surface area contributed by atoms with E-state index >= 15 is 0 Å². The van der Waals surface area contributed by atoms with Gasteiger partial charge in [0, 0.05) is 19.9 Å². The first-order valence-corrected chi connectivity index (χ1v) is 8.38. The molecule has 1 nitrogen and oxygen atoms in total. The van der Waals surface area contributed by atoms with Crippen LogP contribution >= 0.6 is 27.3 Å². The highest BCUT2D eigenvalue weighted by Gasteiger charge is 2.10. The van der Waals surface area contributed by atoms with E-state index in [1.54, 1.807) is 0 Å². The van der Waals surface area contributed by atoms with Gasteiger partial charge in [-0.25, -0.2) is 0 Å². The summed E-state index contributed by atoms with van der Waals surface area (Å²) in [5, 5.41) is 3.63. The Morgan fingerprint density at radius 1 is 1.16 bits per heavy atom. The molecule has 0 bridgehead atoms. The van der Waals surface area contributed by atoms with Gasteiger partial charge in [0.05, 0.1) is 6.04 Å². The molecular formula is C16H20BrNS. The van der Waals surface area contributed by atoms with Crippen molar-refractivity contribution >= 4 is 33.0 Å². The third-order valence-corrected chi connectivity index (χ3v) is 5.18. The summed E-state index contributed by atoms with van der Waals surface area (Å²) in [5.74, 6) is 0. The third-order valence-electron chi connectivity index (χ3n) is 3.28. The molecule has 0 fully saturated rings. The van der Waals surface area contributed by atoms with Crippen molar-refractivity contribution in [3.05, 3.63) is 50.1 Å². The zero-order valence-electron chi connectivity index (χ0n) is 11.7. The smallest absolute Gasteiger partial charge is 0.0578 e. The largest absolute Gasteiger partial charge is 0.377 e. The molecule has 2 rings (SSSR count). The molecule has 102 valence electrons. The van der Waals surface area contributed by atoms with E-state index in [0.717, 1.165) is 17.3 Å². The lowest BCUT2D eigenvalue weighted by Crippen LogP contribution is -2.06. The third kappa shape index (κ3) is 3.61. The lowest BCUT2D eigenvalue weighted by Gasteiger charge is -2.17. The summed E-state index contributed by atoms with van der Waals surface area (Å²) < 4.78 is 1.15. The summed E-state index contributed by atoms with van der Waals surface area (Å²) in [6.45, 7) is 6.63. The van der Waals surface area contributed by atoms with E-state index in [1.165, 1.54) is 21.0 Å². The van der Waals surface area contributed by atoms with Gasteiger partial charge in [0.25, 0.3) is 0 Å². The monoisotopic (exact) mass is 337 g/mol. The van der Waals surface area contributed by atoms with Gasteiger partial charge in [-0.15, -0.1) is 11.3 Å². The minimum atomic E-state index is 0.358. The number of rotatable bonds is 5. The number of aryl methyl sites for hydroxylation is 2. The molecule has 3 heteroatoms. The van der Waals surface area contributed by atoms with Crippen LogP contribution in [0.3, 0.4) is 0 Å². The first-order valence-electron chi connectivity index (χ1n) is 6.77. The van der Waals surface area contributed by atoms with Crippen molar-refractivity contribution in [3.8, 4) is 0 Å². The predicted octanol–water partition coefficient (Wildman–Crippen LogP) is 5.81. The first-order chi connectivity index (χ1) is 9.13. The Balaban J connectivity index is 2.16. The van der Waals surface area contributed by atoms with Crippen LogP contribution in [0.5, 0.6) is 0 Å². The lowest BCUT2D eigenvalue weighted by atomic mass is 10.1. The van der Waals surface area contributed by atoms with Gasteiger partial charge < -0.3 is 5.32 Å². The fourth-order valence-electron chi connectivity index (χ4n) is 2.12. The van der Waals surface area contributed by atoms with Crippen LogP contribution < -0.4 is 5.32 Å². The topological polar surface area (TPSA) is 12.0 Å². The summed E-state index contributed by atoms with van der Waals surface area (Å²) in [7, 11) is 0. The van der Waals surface area contributed by atoms with Crippen molar-refractivity contribution < 1.29 is 0 Å². The van der Waals surface area contributed by atoms with Crippen LogP contribution in [0.15, 0.2) is 34.8 Å². The van der Waals surface area contributed by atoms with Crippen molar-refractivity contribution in [2.45, 2.75) is 39.7 Å². The molecule has 19 heavy (non-hydrogen) atoms. The zero-order valence-corrected chi connectivity index (χ0v) is 14.1. The zero-order chi connectivity index (χ0) is 13.8. The molecule has 0 saturated carbocycles. The standard InChI is InChI=1S/C16H20BrNS/c1-4-12-10-13(17)6-8-15(12)18-11(3)16-9-7-14(5-2)19-16/h6-11,18H,4-5H2,1-3H3. The number of halogens is 1. The van der Waals surface area contributed by atoms with Crippen molar-refractivity contribution in [1.82, 2.24) is 0 Å². The van der Waals surface area contributed by atoms with Gasteiger partial charge in [0.2, 0.25) is 0 Å². The molecule has 1 aromatic carbocycles. The molecule has 0 spiro atoms. The Morgan fingerprint density at radius 2 is 1.95 bits per heavy atom. The second-order valence-electron chi connectivity index (χ2n) is 4.68. The number of thiophene rings is 1. The van der Waals surface area contributed by atoms with Crippen LogP contribution in [0.1, 0.15) is 42.1 Å². The Kier molecular flexibility index (Phi) is 5.06. The van der Waals surface area contributed by atoms with Crippen LogP contribution in [0.25, 0.3) is 0 Å². The highest BCUT2D eigenvalue weighted by atomic mass is 79.9. The molecule has 0 aliphatic rings. The van der Waals surface area contributed by atoms with E-state index in [-0.39, 0.29) is 0 Å². The van der Waals surface area contributed by atoms with Gasteiger partial charge >= 0.3 is 0 Å². The second kappa shape index (κ2) is 6.58. The summed E-state index contributed by atoms with van der Waals surface area (Å²) in [6.07, 6.45) is 2.16. The highest BCUT2D eigenvalue weighted by Crippen LogP contribution is 2.29. The number of benzene rings is 1. The summed E-state index contributed by atoms with van der Waals surface area (Å²) in [4.78, 5) is 2.86. The molecule has 1 aromatic heterocycles. The van der Waals surface area contributed by atoms with Crippen LogP contribution in [0.4, 0.5) is 5.69 Å². The van der Waals surface area contributed by atoms with Gasteiger partial charge in [0.1, 0.15) is 0 Å². The Hall–Kier alpha value is -0.800. The fraction of sp³-hybridized carbons (Fsp3) is 0.375. The Bertz CT molecular complexity index is 547. The van der Waals surface area contributed by atoms with Crippen molar-refractivity contribution in [1.29, 1.82) is 0 Å². The van der Waals surface area contributed by atoms with Crippen molar-refractivity contribution in [3.63, 3.8) is 0 Å². The van der Waals surface area contributed by atoms with Crippen LogP contribution in [-0.2, 0) is 12.8 Å². The van der Waals surface area contributed by atoms with E-state index in [2.05, 4.69) is 72.3 Å². The van der Waals surface area contributed by atoms with Gasteiger partial charge in [-0.2, -0.15) is 0 Å². The summed E-state index contributed by atoms with van der Waals surface area (Å²) in [5.41, 5.74) is 2.60. The minimum Gasteiger partial charge on any atom is -0.377 e. The first kappa shape index (κ1) is 14.6. The molecule has 2 aromatic rings. The lowest BCUT2D eigenvalue weighted by molar-refractivity contribution is 0.901. The Morgan fingerprint density at radius 3 is 2.58 bits per heavy atom. The maximum Gasteiger partial charge on any atom is 0.0578 e. The molecular weight excluding hydrogens is 318 g/mol. The average molecular weight is 338 g/mol. The number of anilines is 1.